The number of allylic oxidation sites excluding steroid dienone is 3. The molecular formula is C26H26O8. The van der Waals surface area contributed by atoms with Crippen molar-refractivity contribution in [1.82, 2.24) is 0 Å². The molecule has 0 atom stereocenters. The van der Waals surface area contributed by atoms with Gasteiger partial charge in [-0.2, -0.15) is 0 Å². The van der Waals surface area contributed by atoms with Gasteiger partial charge in [0.15, 0.2) is 23.1 Å². The van der Waals surface area contributed by atoms with Crippen molar-refractivity contribution in [3.05, 3.63) is 82.6 Å². The third kappa shape index (κ3) is 7.26. The van der Waals surface area contributed by atoms with E-state index in [0.717, 1.165) is 19.3 Å². The van der Waals surface area contributed by atoms with Crippen LogP contribution in [0.2, 0.25) is 0 Å². The molecule has 178 valence electrons. The highest BCUT2D eigenvalue weighted by Gasteiger charge is 2.15. The molecule has 0 bridgehead atoms. The molecule has 2 N–H and O–H groups in total. The van der Waals surface area contributed by atoms with Crippen LogP contribution in [0.3, 0.4) is 0 Å². The highest BCUT2D eigenvalue weighted by molar-refractivity contribution is 6.28. The van der Waals surface area contributed by atoms with Gasteiger partial charge in [0, 0.05) is 6.92 Å². The largest absolute Gasteiger partial charge is 0.493 e. The first kappa shape index (κ1) is 26.2. The molecule has 0 spiro atoms. The van der Waals surface area contributed by atoms with Gasteiger partial charge in [0.1, 0.15) is 11.8 Å². The smallest absolute Gasteiger partial charge is 0.307 e. The van der Waals surface area contributed by atoms with Crippen LogP contribution in [0.25, 0.3) is 12.2 Å². The number of ketones is 2. The number of methoxy groups -OCH3 is 2. The van der Waals surface area contributed by atoms with E-state index in [1.54, 1.807) is 36.4 Å². The monoisotopic (exact) mass is 466 g/mol. The van der Waals surface area contributed by atoms with Gasteiger partial charge in [-0.1, -0.05) is 30.4 Å². The molecule has 8 nitrogen and oxygen atoms in total. The van der Waals surface area contributed by atoms with E-state index in [4.69, 9.17) is 14.2 Å². The summed E-state index contributed by atoms with van der Waals surface area (Å²) >= 11 is 0. The van der Waals surface area contributed by atoms with Crippen molar-refractivity contribution in [2.24, 2.45) is 0 Å². The Bertz CT molecular complexity index is 1060. The number of rotatable bonds is 11. The number of carbonyl (C=O) groups excluding carboxylic acids is 3. The van der Waals surface area contributed by atoms with Crippen molar-refractivity contribution in [2.75, 3.05) is 14.2 Å². The molecule has 2 aromatic carbocycles. The van der Waals surface area contributed by atoms with Crippen LogP contribution in [0.15, 0.2) is 60.4 Å². The number of ether oxygens (including phenoxy) is 3. The number of esters is 1. The van der Waals surface area contributed by atoms with Gasteiger partial charge in [-0.3, -0.25) is 14.4 Å². The predicted molar refractivity (Wildman–Crippen MR) is 126 cm³/mol. The van der Waals surface area contributed by atoms with Crippen LogP contribution in [0.5, 0.6) is 11.5 Å². The van der Waals surface area contributed by atoms with Crippen molar-refractivity contribution >= 4 is 29.7 Å². The Balaban J connectivity index is 2.27. The fraction of sp³-hybridized carbons (Fsp3) is 0.192. The molecular weight excluding hydrogens is 440 g/mol. The van der Waals surface area contributed by atoms with E-state index in [1.807, 2.05) is 0 Å². The molecule has 0 aromatic heterocycles. The van der Waals surface area contributed by atoms with Gasteiger partial charge >= 0.3 is 5.97 Å². The van der Waals surface area contributed by atoms with Crippen molar-refractivity contribution < 1.29 is 38.8 Å². The van der Waals surface area contributed by atoms with Crippen molar-refractivity contribution in [3.8, 4) is 11.5 Å². The van der Waals surface area contributed by atoms with E-state index in [0.29, 0.717) is 33.8 Å². The number of hydrogen-bond donors (Lipinski definition) is 2. The summed E-state index contributed by atoms with van der Waals surface area (Å²) in [6.07, 6.45) is 6.11. The summed E-state index contributed by atoms with van der Waals surface area (Å²) in [7, 11) is 3.00. The molecule has 0 fully saturated rings. The zero-order valence-corrected chi connectivity index (χ0v) is 19.1. The Kier molecular flexibility index (Phi) is 9.94. The van der Waals surface area contributed by atoms with Crippen LogP contribution in [0.1, 0.15) is 29.2 Å². The van der Waals surface area contributed by atoms with Crippen LogP contribution >= 0.6 is 0 Å². The average Bonchev–Trinajstić information content (AvgIpc) is 2.85. The Morgan fingerprint density at radius 3 is 1.88 bits per heavy atom. The lowest BCUT2D eigenvalue weighted by molar-refractivity contribution is -0.135. The molecule has 0 heterocycles. The normalized spacial score (nSPS) is 11.6. The molecule has 2 rings (SSSR count). The number of aliphatic hydroxyl groups is 2. The molecule has 0 amide bonds. The lowest BCUT2D eigenvalue weighted by Crippen LogP contribution is -2.10. The quantitative estimate of drug-likeness (QED) is 0.171. The van der Waals surface area contributed by atoms with E-state index in [1.165, 1.54) is 32.4 Å². The molecule has 0 saturated heterocycles. The second-order valence-corrected chi connectivity index (χ2v) is 6.99. The minimum Gasteiger partial charge on any atom is -0.493 e. The van der Waals surface area contributed by atoms with E-state index in [9.17, 15) is 24.6 Å². The Labute approximate surface area is 197 Å². The summed E-state index contributed by atoms with van der Waals surface area (Å²) in [5.41, 5.74) is 1.94. The van der Waals surface area contributed by atoms with Crippen LogP contribution in [-0.4, -0.2) is 42.0 Å². The predicted octanol–water partition coefficient (Wildman–Crippen LogP) is 3.00. The van der Waals surface area contributed by atoms with E-state index in [2.05, 4.69) is 0 Å². The van der Waals surface area contributed by atoms with E-state index in [-0.39, 0.29) is 18.8 Å². The van der Waals surface area contributed by atoms with Crippen molar-refractivity contribution in [3.63, 3.8) is 0 Å². The summed E-state index contributed by atoms with van der Waals surface area (Å²) in [4.78, 5) is 36.7. The Morgan fingerprint density at radius 1 is 0.794 bits per heavy atom. The van der Waals surface area contributed by atoms with Gasteiger partial charge in [0.2, 0.25) is 0 Å². The molecule has 0 aliphatic heterocycles. The molecule has 0 saturated carbocycles. The fourth-order valence-corrected chi connectivity index (χ4v) is 2.91. The topological polar surface area (TPSA) is 119 Å². The van der Waals surface area contributed by atoms with E-state index < -0.39 is 17.5 Å². The highest BCUT2D eigenvalue weighted by Crippen LogP contribution is 2.28. The fourth-order valence-electron chi connectivity index (χ4n) is 2.91. The lowest BCUT2D eigenvalue weighted by Gasteiger charge is -2.07. The second-order valence-electron chi connectivity index (χ2n) is 6.99. The zero-order valence-electron chi connectivity index (χ0n) is 19.1. The van der Waals surface area contributed by atoms with Crippen molar-refractivity contribution in [1.29, 1.82) is 0 Å². The van der Waals surface area contributed by atoms with Crippen LogP contribution in [0.4, 0.5) is 0 Å². The van der Waals surface area contributed by atoms with Gasteiger partial charge in [0.05, 0.1) is 27.4 Å². The summed E-state index contributed by atoms with van der Waals surface area (Å²) in [6, 6.07) is 9.94. The molecule has 34 heavy (non-hydrogen) atoms. The van der Waals surface area contributed by atoms with E-state index >= 15 is 0 Å². The van der Waals surface area contributed by atoms with Gasteiger partial charge in [0.25, 0.3) is 0 Å². The number of benzene rings is 2. The highest BCUT2D eigenvalue weighted by atomic mass is 16.5. The minimum absolute atomic E-state index is 0.227. The van der Waals surface area contributed by atoms with Crippen LogP contribution in [-0.2, 0) is 32.3 Å². The summed E-state index contributed by atoms with van der Waals surface area (Å²) < 4.78 is 15.2. The SMILES string of the molecule is COc1ccc(C=CC(=O)C(=COC(C)=O)C(=O)C=Cc2ccc(CO)c(CO)c2)cc1OC. The number of hydrogen-bond acceptors (Lipinski definition) is 8. The Morgan fingerprint density at radius 2 is 1.35 bits per heavy atom. The average molecular weight is 466 g/mol. The maximum absolute atomic E-state index is 12.7. The second kappa shape index (κ2) is 12.9. The lowest BCUT2D eigenvalue weighted by atomic mass is 10.0. The first-order chi connectivity index (χ1) is 16.3. The maximum Gasteiger partial charge on any atom is 0.307 e. The van der Waals surface area contributed by atoms with Gasteiger partial charge in [-0.15, -0.1) is 0 Å². The molecule has 0 unspecified atom stereocenters. The molecule has 0 radical (unpaired) electrons. The third-order valence-electron chi connectivity index (χ3n) is 4.71. The summed E-state index contributed by atoms with van der Waals surface area (Å²) in [5.74, 6) is -1.03. The first-order valence-electron chi connectivity index (χ1n) is 10.2. The number of carbonyl (C=O) groups is 3. The first-order valence-corrected chi connectivity index (χ1v) is 10.2. The Hall–Kier alpha value is -4.01. The number of aliphatic hydroxyl groups excluding tert-OH is 2. The summed E-state index contributed by atoms with van der Waals surface area (Å²) in [6.45, 7) is 0.648. The third-order valence-corrected chi connectivity index (χ3v) is 4.71. The summed E-state index contributed by atoms with van der Waals surface area (Å²) in [5, 5.41) is 18.7. The maximum atomic E-state index is 12.7. The molecule has 0 aliphatic carbocycles. The van der Waals surface area contributed by atoms with Gasteiger partial charge < -0.3 is 24.4 Å². The van der Waals surface area contributed by atoms with Crippen molar-refractivity contribution in [2.45, 2.75) is 20.1 Å². The molecule has 2 aromatic rings. The molecule has 8 heteroatoms. The van der Waals surface area contributed by atoms with Gasteiger partial charge in [-0.25, -0.2) is 0 Å². The van der Waals surface area contributed by atoms with Crippen LogP contribution in [0, 0.1) is 0 Å². The van der Waals surface area contributed by atoms with Crippen LogP contribution < -0.4 is 9.47 Å². The zero-order chi connectivity index (χ0) is 25.1. The standard InChI is InChI=1S/C26H26O8/c1-17(29)34-16-22(23(30)9-5-18-4-8-20(14-27)21(12-18)15-28)24(31)10-6-19-7-11-25(32-2)26(13-19)33-3/h4-13,16,27-28H,14-15H2,1-3H3. The minimum atomic E-state index is -0.682. The molecule has 0 aliphatic rings. The van der Waals surface area contributed by atoms with Gasteiger partial charge in [-0.05, 0) is 52.6 Å².